The molecule has 1 heterocycles. The Morgan fingerprint density at radius 1 is 1.38 bits per heavy atom. The van der Waals surface area contributed by atoms with Gasteiger partial charge < -0.3 is 10.6 Å². The zero-order valence-corrected chi connectivity index (χ0v) is 8.42. The van der Waals surface area contributed by atoms with Gasteiger partial charge in [-0.1, -0.05) is 12.2 Å². The van der Waals surface area contributed by atoms with Crippen molar-refractivity contribution in [1.82, 2.24) is 10.6 Å². The third-order valence-corrected chi connectivity index (χ3v) is 3.31. The second kappa shape index (κ2) is 4.25. The molecule has 0 aromatic carbocycles. The molecule has 0 spiro atoms. The lowest BCUT2D eigenvalue weighted by Crippen LogP contribution is -2.40. The first-order chi connectivity index (χ1) is 6.36. The Labute approximate surface area is 80.8 Å². The van der Waals surface area contributed by atoms with E-state index in [1.807, 2.05) is 0 Å². The monoisotopic (exact) mass is 180 g/mol. The van der Waals surface area contributed by atoms with E-state index in [1.165, 1.54) is 32.4 Å². The Hall–Kier alpha value is -0.340. The maximum absolute atomic E-state index is 3.72. The van der Waals surface area contributed by atoms with E-state index in [0.717, 1.165) is 12.0 Å². The van der Waals surface area contributed by atoms with Crippen molar-refractivity contribution in [2.75, 3.05) is 13.1 Å². The van der Waals surface area contributed by atoms with Crippen LogP contribution in [0.4, 0.5) is 0 Å². The number of nitrogens with one attached hydrogen (secondary N) is 2. The predicted octanol–water partition coefficient (Wildman–Crippen LogP) is 1.29. The van der Waals surface area contributed by atoms with Crippen LogP contribution in [0.3, 0.4) is 0 Å². The summed E-state index contributed by atoms with van der Waals surface area (Å²) in [5, 5.41) is 7.14. The van der Waals surface area contributed by atoms with Gasteiger partial charge in [0, 0.05) is 12.1 Å². The van der Waals surface area contributed by atoms with Gasteiger partial charge in [0.05, 0.1) is 0 Å². The molecule has 2 nitrogen and oxygen atoms in total. The van der Waals surface area contributed by atoms with E-state index in [9.17, 15) is 0 Å². The fourth-order valence-corrected chi connectivity index (χ4v) is 2.36. The second-order valence-electron chi connectivity index (χ2n) is 4.35. The van der Waals surface area contributed by atoms with Crippen LogP contribution < -0.4 is 10.6 Å². The lowest BCUT2D eigenvalue weighted by Gasteiger charge is -2.23. The molecule has 1 saturated heterocycles. The van der Waals surface area contributed by atoms with Crippen LogP contribution in [0.15, 0.2) is 12.2 Å². The summed E-state index contributed by atoms with van der Waals surface area (Å²) in [4.78, 5) is 0. The molecule has 0 radical (unpaired) electrons. The Balaban J connectivity index is 1.73. The minimum absolute atomic E-state index is 0.680. The molecular weight excluding hydrogens is 160 g/mol. The van der Waals surface area contributed by atoms with Crippen LogP contribution in [-0.4, -0.2) is 25.2 Å². The third-order valence-electron chi connectivity index (χ3n) is 3.31. The van der Waals surface area contributed by atoms with Crippen LogP contribution in [0.25, 0.3) is 0 Å². The first kappa shape index (κ1) is 9.22. The van der Waals surface area contributed by atoms with Gasteiger partial charge in [0.25, 0.3) is 0 Å². The summed E-state index contributed by atoms with van der Waals surface area (Å²) in [5.74, 6) is 0.848. The van der Waals surface area contributed by atoms with Gasteiger partial charge in [-0.2, -0.15) is 0 Å². The van der Waals surface area contributed by atoms with Gasteiger partial charge in [-0.25, -0.2) is 0 Å². The molecule has 1 fully saturated rings. The fourth-order valence-electron chi connectivity index (χ4n) is 2.36. The highest BCUT2D eigenvalue weighted by Crippen LogP contribution is 2.16. The molecule has 74 valence electrons. The molecule has 2 heteroatoms. The first-order valence-electron chi connectivity index (χ1n) is 5.48. The highest BCUT2D eigenvalue weighted by atomic mass is 15.0. The van der Waals surface area contributed by atoms with E-state index in [2.05, 4.69) is 29.7 Å². The van der Waals surface area contributed by atoms with Crippen LogP contribution >= 0.6 is 0 Å². The van der Waals surface area contributed by atoms with Crippen LogP contribution in [0.1, 0.15) is 26.2 Å². The molecular formula is C11H20N2. The molecule has 0 aromatic rings. The molecule has 2 rings (SSSR count). The molecule has 0 amide bonds. The smallest absolute Gasteiger partial charge is 0.0139 e. The van der Waals surface area contributed by atoms with E-state index in [-0.39, 0.29) is 0 Å². The fraction of sp³-hybridized carbons (Fsp3) is 0.818. The number of hydrogen-bond donors (Lipinski definition) is 2. The van der Waals surface area contributed by atoms with E-state index >= 15 is 0 Å². The largest absolute Gasteiger partial charge is 0.316 e. The molecule has 2 aliphatic rings. The van der Waals surface area contributed by atoms with Gasteiger partial charge >= 0.3 is 0 Å². The summed E-state index contributed by atoms with van der Waals surface area (Å²) in [5.41, 5.74) is 0. The average molecular weight is 180 g/mol. The van der Waals surface area contributed by atoms with Crippen LogP contribution in [0.5, 0.6) is 0 Å². The van der Waals surface area contributed by atoms with Gasteiger partial charge in [-0.3, -0.25) is 0 Å². The average Bonchev–Trinajstić information content (AvgIpc) is 2.74. The quantitative estimate of drug-likeness (QED) is 0.640. The van der Waals surface area contributed by atoms with E-state index in [0.29, 0.717) is 6.04 Å². The van der Waals surface area contributed by atoms with Crippen LogP contribution in [0.2, 0.25) is 0 Å². The van der Waals surface area contributed by atoms with Gasteiger partial charge in [0.2, 0.25) is 0 Å². The van der Waals surface area contributed by atoms with E-state index < -0.39 is 0 Å². The third kappa shape index (κ3) is 2.32. The Bertz CT molecular complexity index is 175. The van der Waals surface area contributed by atoms with Crippen LogP contribution in [-0.2, 0) is 0 Å². The lowest BCUT2D eigenvalue weighted by molar-refractivity contribution is 0.359. The highest BCUT2D eigenvalue weighted by Gasteiger charge is 2.23. The van der Waals surface area contributed by atoms with Crippen LogP contribution in [0, 0.1) is 5.92 Å². The first-order valence-corrected chi connectivity index (χ1v) is 5.48. The molecule has 2 unspecified atom stereocenters. The second-order valence-corrected chi connectivity index (χ2v) is 4.35. The summed E-state index contributed by atoms with van der Waals surface area (Å²) in [6.07, 6.45) is 8.37. The van der Waals surface area contributed by atoms with Crippen molar-refractivity contribution in [2.45, 2.75) is 38.3 Å². The van der Waals surface area contributed by atoms with Crippen molar-refractivity contribution in [3.63, 3.8) is 0 Å². The lowest BCUT2D eigenvalue weighted by atomic mass is 9.99. The van der Waals surface area contributed by atoms with Crippen molar-refractivity contribution in [1.29, 1.82) is 0 Å². The summed E-state index contributed by atoms with van der Waals surface area (Å²) >= 11 is 0. The molecule has 1 aliphatic carbocycles. The van der Waals surface area contributed by atoms with Gasteiger partial charge in [0.1, 0.15) is 0 Å². The standard InChI is InChI=1S/C11H20N2/c1-9(10-6-7-12-8-10)13-11-4-2-3-5-11/h2-3,9-13H,4-8H2,1H3. The normalized spacial score (nSPS) is 31.3. The van der Waals surface area contributed by atoms with E-state index in [4.69, 9.17) is 0 Å². The Morgan fingerprint density at radius 2 is 2.15 bits per heavy atom. The molecule has 13 heavy (non-hydrogen) atoms. The molecule has 0 aromatic heterocycles. The molecule has 0 saturated carbocycles. The summed E-state index contributed by atoms with van der Waals surface area (Å²) in [6.45, 7) is 4.74. The zero-order chi connectivity index (χ0) is 9.10. The van der Waals surface area contributed by atoms with Crippen molar-refractivity contribution < 1.29 is 0 Å². The summed E-state index contributed by atoms with van der Waals surface area (Å²) < 4.78 is 0. The minimum atomic E-state index is 0.680. The van der Waals surface area contributed by atoms with Gasteiger partial charge in [0.15, 0.2) is 0 Å². The topological polar surface area (TPSA) is 24.1 Å². The van der Waals surface area contributed by atoms with Gasteiger partial charge in [-0.05, 0) is 45.2 Å². The Kier molecular flexibility index (Phi) is 3.01. The number of hydrogen-bond acceptors (Lipinski definition) is 2. The molecule has 2 atom stereocenters. The molecule has 2 N–H and O–H groups in total. The maximum Gasteiger partial charge on any atom is 0.0139 e. The van der Waals surface area contributed by atoms with Crippen molar-refractivity contribution in [2.24, 2.45) is 5.92 Å². The van der Waals surface area contributed by atoms with Gasteiger partial charge in [-0.15, -0.1) is 0 Å². The highest BCUT2D eigenvalue weighted by molar-refractivity contribution is 4.99. The maximum atomic E-state index is 3.72. The van der Waals surface area contributed by atoms with Crippen molar-refractivity contribution >= 4 is 0 Å². The molecule has 1 aliphatic heterocycles. The van der Waals surface area contributed by atoms with E-state index in [1.54, 1.807) is 0 Å². The minimum Gasteiger partial charge on any atom is -0.316 e. The SMILES string of the molecule is CC(NC1CC=CC1)C1CCNC1. The zero-order valence-electron chi connectivity index (χ0n) is 8.42. The summed E-state index contributed by atoms with van der Waals surface area (Å²) in [7, 11) is 0. The molecule has 0 bridgehead atoms. The van der Waals surface area contributed by atoms with Crippen molar-refractivity contribution in [3.05, 3.63) is 12.2 Å². The van der Waals surface area contributed by atoms with Crippen molar-refractivity contribution in [3.8, 4) is 0 Å². The predicted molar refractivity (Wildman–Crippen MR) is 55.7 cm³/mol. The number of rotatable bonds is 3. The summed E-state index contributed by atoms with van der Waals surface area (Å²) in [6, 6.07) is 1.40. The Morgan fingerprint density at radius 3 is 2.77 bits per heavy atom.